The minimum Gasteiger partial charge on any atom is -0.508 e. The lowest BCUT2D eigenvalue weighted by Gasteiger charge is -2.27. The van der Waals surface area contributed by atoms with Gasteiger partial charge in [0.2, 0.25) is 0 Å². The molecular weight excluding hydrogens is 382 g/mol. The first-order valence-electron chi connectivity index (χ1n) is 9.35. The van der Waals surface area contributed by atoms with Crippen molar-refractivity contribution in [2.75, 3.05) is 4.90 Å². The van der Waals surface area contributed by atoms with Crippen LogP contribution in [-0.4, -0.2) is 22.9 Å². The zero-order chi connectivity index (χ0) is 20.8. The topological polar surface area (TPSA) is 83.9 Å². The smallest absolute Gasteiger partial charge is 0.339 e. The molecule has 0 saturated heterocycles. The van der Waals surface area contributed by atoms with E-state index in [0.717, 1.165) is 4.90 Å². The number of nitrogens with zero attached hydrogens (tertiary/aromatic N) is 1. The van der Waals surface area contributed by atoms with Gasteiger partial charge in [-0.1, -0.05) is 30.4 Å². The summed E-state index contributed by atoms with van der Waals surface area (Å²) < 4.78 is 5.34. The van der Waals surface area contributed by atoms with E-state index in [0.29, 0.717) is 39.8 Å². The third-order valence-electron chi connectivity index (χ3n) is 5.17. The van der Waals surface area contributed by atoms with Crippen LogP contribution in [0.1, 0.15) is 27.1 Å². The highest BCUT2D eigenvalue weighted by molar-refractivity contribution is 6.35. The summed E-state index contributed by atoms with van der Waals surface area (Å²) in [4.78, 5) is 39.3. The fourth-order valence-corrected chi connectivity index (χ4v) is 3.76. The van der Waals surface area contributed by atoms with Crippen molar-refractivity contribution in [2.24, 2.45) is 0 Å². The minimum atomic E-state index is -0.522. The molecule has 2 aliphatic rings. The molecule has 3 aromatic carbocycles. The van der Waals surface area contributed by atoms with Gasteiger partial charge in [0.05, 0.1) is 11.3 Å². The van der Waals surface area contributed by atoms with Gasteiger partial charge in [0.15, 0.2) is 0 Å². The van der Waals surface area contributed by atoms with Gasteiger partial charge in [0.25, 0.3) is 11.8 Å². The van der Waals surface area contributed by atoms with Crippen molar-refractivity contribution in [3.63, 3.8) is 0 Å². The number of phenolic OH excluding ortho intramolecular Hbond substituents is 1. The highest BCUT2D eigenvalue weighted by Gasteiger charge is 2.34. The predicted octanol–water partition coefficient (Wildman–Crippen LogP) is 4.14. The van der Waals surface area contributed by atoms with E-state index >= 15 is 0 Å². The second kappa shape index (κ2) is 6.70. The van der Waals surface area contributed by atoms with Gasteiger partial charge in [-0.3, -0.25) is 9.59 Å². The normalized spacial score (nSPS) is 14.9. The summed E-state index contributed by atoms with van der Waals surface area (Å²) in [5, 5.41) is 11.2. The maximum Gasteiger partial charge on any atom is 0.339 e. The first-order valence-corrected chi connectivity index (χ1v) is 9.35. The van der Waals surface area contributed by atoms with Gasteiger partial charge in [-0.2, -0.15) is 0 Å². The zero-order valence-electron chi connectivity index (χ0n) is 15.7. The number of benzene rings is 3. The molecule has 0 radical (unpaired) electrons. The Balaban J connectivity index is 1.48. The molecule has 5 rings (SSSR count). The highest BCUT2D eigenvalue weighted by atomic mass is 16.5. The van der Waals surface area contributed by atoms with Crippen LogP contribution >= 0.6 is 0 Å². The number of rotatable bonds is 3. The van der Waals surface area contributed by atoms with Crippen molar-refractivity contribution in [3.05, 3.63) is 89.5 Å². The van der Waals surface area contributed by atoms with Crippen LogP contribution in [0.5, 0.6) is 11.5 Å². The standard InChI is InChI=1S/C24H15NO5/c26-17-12-15-6-3-7-19-21(15)20(13-17)23(28)25(22(19)27)16-8-10-18(11-9-16)30-24(29)14-4-1-2-5-14/h1-4,6-13,26H,5H2. The summed E-state index contributed by atoms with van der Waals surface area (Å²) in [6, 6.07) is 14.2. The number of amides is 2. The zero-order valence-corrected chi connectivity index (χ0v) is 15.7. The van der Waals surface area contributed by atoms with Gasteiger partial charge in [-0.15, -0.1) is 0 Å². The Morgan fingerprint density at radius 2 is 1.73 bits per heavy atom. The minimum absolute atomic E-state index is 0.0460. The molecule has 0 fully saturated rings. The van der Waals surface area contributed by atoms with Crippen molar-refractivity contribution in [1.29, 1.82) is 0 Å². The molecule has 0 aromatic heterocycles. The Labute approximate surface area is 171 Å². The second-order valence-electron chi connectivity index (χ2n) is 7.05. The average Bonchev–Trinajstić information content (AvgIpc) is 3.28. The predicted molar refractivity (Wildman–Crippen MR) is 111 cm³/mol. The molecule has 0 atom stereocenters. The number of imide groups is 1. The van der Waals surface area contributed by atoms with E-state index < -0.39 is 17.8 Å². The van der Waals surface area contributed by atoms with Crippen molar-refractivity contribution < 1.29 is 24.2 Å². The summed E-state index contributed by atoms with van der Waals surface area (Å²) in [6.45, 7) is 0. The molecule has 1 N–H and O–H groups in total. The molecule has 0 saturated carbocycles. The van der Waals surface area contributed by atoms with E-state index in [1.807, 2.05) is 6.08 Å². The van der Waals surface area contributed by atoms with E-state index in [1.54, 1.807) is 42.5 Å². The fraction of sp³-hybridized carbons (Fsp3) is 0.0417. The van der Waals surface area contributed by atoms with Crippen LogP contribution < -0.4 is 9.64 Å². The van der Waals surface area contributed by atoms with Crippen molar-refractivity contribution in [3.8, 4) is 11.5 Å². The molecule has 30 heavy (non-hydrogen) atoms. The number of carbonyl (C=O) groups is 3. The van der Waals surface area contributed by atoms with E-state index in [1.165, 1.54) is 24.3 Å². The third-order valence-corrected chi connectivity index (χ3v) is 5.17. The van der Waals surface area contributed by atoms with Crippen LogP contribution in [0.25, 0.3) is 10.8 Å². The van der Waals surface area contributed by atoms with Gasteiger partial charge in [0.1, 0.15) is 11.5 Å². The molecule has 0 bridgehead atoms. The van der Waals surface area contributed by atoms with Crippen LogP contribution in [0.15, 0.2) is 78.4 Å². The van der Waals surface area contributed by atoms with Gasteiger partial charge in [0, 0.05) is 16.5 Å². The number of aromatic hydroxyl groups is 1. The molecule has 3 aromatic rings. The molecular formula is C24H15NO5. The number of anilines is 1. The van der Waals surface area contributed by atoms with Crippen LogP contribution in [0.3, 0.4) is 0 Å². The Morgan fingerprint density at radius 1 is 0.967 bits per heavy atom. The Kier molecular flexibility index (Phi) is 3.99. The quantitative estimate of drug-likeness (QED) is 0.408. The monoisotopic (exact) mass is 397 g/mol. The van der Waals surface area contributed by atoms with Crippen LogP contribution in [-0.2, 0) is 4.79 Å². The molecule has 1 aliphatic carbocycles. The van der Waals surface area contributed by atoms with Crippen LogP contribution in [0.4, 0.5) is 5.69 Å². The molecule has 1 aliphatic heterocycles. The Bertz CT molecular complexity index is 1300. The third kappa shape index (κ3) is 2.78. The second-order valence-corrected chi connectivity index (χ2v) is 7.05. The molecule has 1 heterocycles. The van der Waals surface area contributed by atoms with Crippen molar-refractivity contribution >= 4 is 34.2 Å². The molecule has 0 unspecified atom stereocenters. The first-order chi connectivity index (χ1) is 14.5. The number of hydrogen-bond acceptors (Lipinski definition) is 5. The summed E-state index contributed by atoms with van der Waals surface area (Å²) in [7, 11) is 0. The lowest BCUT2D eigenvalue weighted by Crippen LogP contribution is -2.40. The summed E-state index contributed by atoms with van der Waals surface area (Å²) >= 11 is 0. The van der Waals surface area contributed by atoms with E-state index in [2.05, 4.69) is 0 Å². The molecule has 2 amide bonds. The number of ether oxygens (including phenoxy) is 1. The van der Waals surface area contributed by atoms with Crippen LogP contribution in [0, 0.1) is 0 Å². The van der Waals surface area contributed by atoms with Gasteiger partial charge in [-0.25, -0.2) is 9.69 Å². The molecule has 0 spiro atoms. The number of esters is 1. The molecule has 146 valence electrons. The number of carbonyl (C=O) groups excluding carboxylic acids is 3. The average molecular weight is 397 g/mol. The molecule has 6 heteroatoms. The lowest BCUT2D eigenvalue weighted by molar-refractivity contribution is -0.130. The van der Waals surface area contributed by atoms with E-state index in [9.17, 15) is 19.5 Å². The summed E-state index contributed by atoms with van der Waals surface area (Å²) in [6.07, 6.45) is 5.90. The van der Waals surface area contributed by atoms with Crippen molar-refractivity contribution in [2.45, 2.75) is 6.42 Å². The Morgan fingerprint density at radius 3 is 2.47 bits per heavy atom. The number of allylic oxidation sites excluding steroid dienone is 3. The van der Waals surface area contributed by atoms with E-state index in [4.69, 9.17) is 4.74 Å². The molecule has 6 nitrogen and oxygen atoms in total. The van der Waals surface area contributed by atoms with Crippen molar-refractivity contribution in [1.82, 2.24) is 0 Å². The largest absolute Gasteiger partial charge is 0.508 e. The fourth-order valence-electron chi connectivity index (χ4n) is 3.76. The lowest BCUT2D eigenvalue weighted by atomic mass is 9.93. The SMILES string of the molecule is O=C(Oc1ccc(N2C(=O)c3cccc4cc(O)cc(c34)C2=O)cc1)C1=CC=CC1. The number of phenols is 1. The Hall–Kier alpha value is -4.19. The first kappa shape index (κ1) is 17.9. The van der Waals surface area contributed by atoms with Crippen LogP contribution in [0.2, 0.25) is 0 Å². The van der Waals surface area contributed by atoms with Gasteiger partial charge >= 0.3 is 5.97 Å². The van der Waals surface area contributed by atoms with Gasteiger partial charge in [-0.05, 0) is 54.3 Å². The maximum absolute atomic E-state index is 13.1. The highest BCUT2D eigenvalue weighted by Crippen LogP contribution is 2.35. The summed E-state index contributed by atoms with van der Waals surface area (Å²) in [5.41, 5.74) is 1.55. The maximum atomic E-state index is 13.1. The van der Waals surface area contributed by atoms with Gasteiger partial charge < -0.3 is 9.84 Å². The number of hydrogen-bond donors (Lipinski definition) is 1. The summed E-state index contributed by atoms with van der Waals surface area (Å²) in [5.74, 6) is -1.14. The van der Waals surface area contributed by atoms with E-state index in [-0.39, 0.29) is 11.3 Å².